The zero-order valence-corrected chi connectivity index (χ0v) is 13.8. The molecule has 0 unspecified atom stereocenters. The van der Waals surface area contributed by atoms with Gasteiger partial charge in [0.25, 0.3) is 0 Å². The minimum absolute atomic E-state index is 0.460. The lowest BCUT2D eigenvalue weighted by Crippen LogP contribution is -1.93. The van der Waals surface area contributed by atoms with Gasteiger partial charge in [-0.3, -0.25) is 0 Å². The smallest absolute Gasteiger partial charge is 0.303 e. The molecule has 0 saturated carbocycles. The summed E-state index contributed by atoms with van der Waals surface area (Å²) in [5, 5.41) is 0. The van der Waals surface area contributed by atoms with Crippen molar-refractivity contribution in [3.05, 3.63) is 0 Å². The van der Waals surface area contributed by atoms with E-state index >= 15 is 0 Å². The monoisotopic (exact) mass is 286 g/mol. The Balaban J connectivity index is 5.21. The van der Waals surface area contributed by atoms with Gasteiger partial charge in [-0.15, -0.1) is 0 Å². The van der Waals surface area contributed by atoms with Crippen LogP contribution in [-0.2, 0) is 13.6 Å². The zero-order chi connectivity index (χ0) is 12.7. The first-order valence-electron chi connectivity index (χ1n) is 6.01. The van der Waals surface area contributed by atoms with Crippen molar-refractivity contribution in [2.75, 3.05) is 31.7 Å². The van der Waals surface area contributed by atoms with E-state index in [0.29, 0.717) is 13.2 Å². The van der Waals surface area contributed by atoms with Crippen molar-refractivity contribution in [1.82, 2.24) is 0 Å². The van der Waals surface area contributed by atoms with Gasteiger partial charge in [-0.2, -0.15) is 0 Å². The summed E-state index contributed by atoms with van der Waals surface area (Å²) in [4.78, 5) is 0. The molecule has 0 aliphatic heterocycles. The summed E-state index contributed by atoms with van der Waals surface area (Å²) in [6, 6.07) is 0. The maximum absolute atomic E-state index is 12.5. The molecule has 0 radical (unpaired) electrons. The molecular formula is C10H25O3P3. The molecule has 0 heterocycles. The van der Waals surface area contributed by atoms with Crippen molar-refractivity contribution < 1.29 is 13.6 Å². The van der Waals surface area contributed by atoms with Gasteiger partial charge in [0.2, 0.25) is 0 Å². The van der Waals surface area contributed by atoms with Gasteiger partial charge < -0.3 is 9.05 Å². The van der Waals surface area contributed by atoms with Gasteiger partial charge in [0.15, 0.2) is 0 Å². The van der Waals surface area contributed by atoms with Gasteiger partial charge in [0.1, 0.15) is 0 Å². The molecule has 0 aromatic carbocycles. The third-order valence-electron chi connectivity index (χ3n) is 2.65. The van der Waals surface area contributed by atoms with E-state index in [-0.39, 0.29) is 0 Å². The quantitative estimate of drug-likeness (QED) is 0.582. The van der Waals surface area contributed by atoms with Gasteiger partial charge in [0.05, 0.1) is 13.2 Å². The summed E-state index contributed by atoms with van der Waals surface area (Å²) in [5.74, 6) is 0. The van der Waals surface area contributed by atoms with Crippen LogP contribution in [0.1, 0.15) is 34.6 Å². The fourth-order valence-electron chi connectivity index (χ4n) is 1.51. The fourth-order valence-corrected chi connectivity index (χ4v) is 16.6. The van der Waals surface area contributed by atoms with E-state index in [1.165, 1.54) is 0 Å². The van der Waals surface area contributed by atoms with E-state index in [1.54, 1.807) is 0 Å². The Morgan fingerprint density at radius 2 is 1.25 bits per heavy atom. The first-order valence-corrected chi connectivity index (χ1v) is 12.2. The summed E-state index contributed by atoms with van der Waals surface area (Å²) in [7, 11) is -1.93. The van der Waals surface area contributed by atoms with Crippen molar-refractivity contribution in [2.24, 2.45) is 0 Å². The molecule has 0 rings (SSSR count). The van der Waals surface area contributed by atoms with E-state index in [9.17, 15) is 4.57 Å². The predicted molar refractivity (Wildman–Crippen MR) is 76.3 cm³/mol. The minimum Gasteiger partial charge on any atom is -0.303 e. The van der Waals surface area contributed by atoms with Gasteiger partial charge in [-0.05, 0) is 32.3 Å². The Bertz CT molecular complexity index is 260. The molecule has 0 bridgehead atoms. The van der Waals surface area contributed by atoms with Gasteiger partial charge in [-0.25, -0.2) is 4.57 Å². The zero-order valence-electron chi connectivity index (χ0n) is 11.1. The van der Waals surface area contributed by atoms with Crippen molar-refractivity contribution >= 4 is 21.4 Å². The topological polar surface area (TPSA) is 35.5 Å². The normalized spacial score (nSPS) is 13.3. The molecular weight excluding hydrogens is 261 g/mol. The summed E-state index contributed by atoms with van der Waals surface area (Å²) < 4.78 is 23.2. The van der Waals surface area contributed by atoms with E-state index in [4.69, 9.17) is 9.05 Å². The number of rotatable bonds is 8. The minimum atomic E-state index is -2.87. The highest BCUT2D eigenvalue weighted by atomic mass is 32.3. The molecule has 98 valence electrons. The molecule has 0 amide bonds. The van der Waals surface area contributed by atoms with Crippen LogP contribution in [0, 0.1) is 0 Å². The van der Waals surface area contributed by atoms with E-state index < -0.39 is 13.8 Å². The summed E-state index contributed by atoms with van der Waals surface area (Å²) in [6.07, 6.45) is 3.35. The lowest BCUT2D eigenvalue weighted by atomic mass is 10.9. The van der Waals surface area contributed by atoms with Gasteiger partial charge >= 0.3 is 7.28 Å². The lowest BCUT2D eigenvalue weighted by molar-refractivity contribution is 0.236. The highest BCUT2D eigenvalue weighted by Crippen LogP contribution is 2.74. The second kappa shape index (κ2) is 8.06. The molecule has 0 fully saturated rings. The van der Waals surface area contributed by atoms with Crippen LogP contribution < -0.4 is 0 Å². The molecule has 0 aliphatic carbocycles. The molecule has 0 aromatic rings. The largest absolute Gasteiger partial charge is 0.378 e. The van der Waals surface area contributed by atoms with Crippen LogP contribution in [0.2, 0.25) is 0 Å². The third-order valence-corrected chi connectivity index (χ3v) is 18.4. The highest BCUT2D eigenvalue weighted by Gasteiger charge is 2.26. The molecule has 0 N–H and O–H groups in total. The average molecular weight is 286 g/mol. The van der Waals surface area contributed by atoms with Crippen LogP contribution in [0.5, 0.6) is 0 Å². The Hall–Kier alpha value is 0.880. The van der Waals surface area contributed by atoms with Gasteiger partial charge in [-0.1, -0.05) is 27.3 Å². The summed E-state index contributed by atoms with van der Waals surface area (Å²) in [5.41, 5.74) is 0. The molecule has 0 spiro atoms. The Morgan fingerprint density at radius 3 is 1.50 bits per heavy atom. The maximum atomic E-state index is 12.5. The molecule has 0 aliphatic rings. The predicted octanol–water partition coefficient (Wildman–Crippen LogP) is 5.11. The Kier molecular flexibility index (Phi) is 8.51. The van der Waals surface area contributed by atoms with Gasteiger partial charge in [0, 0.05) is 7.56 Å². The molecule has 3 nitrogen and oxygen atoms in total. The maximum Gasteiger partial charge on any atom is 0.378 e. The van der Waals surface area contributed by atoms with Crippen molar-refractivity contribution in [3.63, 3.8) is 0 Å². The lowest BCUT2D eigenvalue weighted by Gasteiger charge is -2.23. The van der Waals surface area contributed by atoms with Crippen LogP contribution in [0.3, 0.4) is 0 Å². The van der Waals surface area contributed by atoms with Crippen LogP contribution in [0.15, 0.2) is 0 Å². The number of hydrogen-bond donors (Lipinski definition) is 0. The second-order valence-electron chi connectivity index (χ2n) is 3.44. The summed E-state index contributed by atoms with van der Waals surface area (Å²) in [6.45, 7) is 10.1. The van der Waals surface area contributed by atoms with E-state index in [1.807, 2.05) is 13.8 Å². The van der Waals surface area contributed by atoms with Crippen molar-refractivity contribution in [3.8, 4) is 0 Å². The van der Waals surface area contributed by atoms with Crippen molar-refractivity contribution in [1.29, 1.82) is 0 Å². The highest BCUT2D eigenvalue weighted by molar-refractivity contribution is 8.38. The average Bonchev–Trinajstić information content (AvgIpc) is 2.27. The molecule has 16 heavy (non-hydrogen) atoms. The first-order chi connectivity index (χ1) is 7.51. The van der Waals surface area contributed by atoms with Crippen LogP contribution >= 0.6 is 21.4 Å². The Morgan fingerprint density at radius 1 is 0.875 bits per heavy atom. The third kappa shape index (κ3) is 5.03. The molecule has 6 heteroatoms. The Labute approximate surface area is 102 Å². The molecule has 0 aromatic heterocycles. The van der Waals surface area contributed by atoms with Crippen LogP contribution in [0.25, 0.3) is 0 Å². The second-order valence-corrected chi connectivity index (χ2v) is 15.3. The van der Waals surface area contributed by atoms with E-state index in [2.05, 4.69) is 20.8 Å². The van der Waals surface area contributed by atoms with Crippen LogP contribution in [-0.4, -0.2) is 31.7 Å². The fraction of sp³-hybridized carbons (Fsp3) is 1.00. The van der Waals surface area contributed by atoms with E-state index in [0.717, 1.165) is 26.0 Å². The first kappa shape index (κ1) is 16.9. The number of hydrogen-bond acceptors (Lipinski definition) is 3. The van der Waals surface area contributed by atoms with Crippen molar-refractivity contribution in [2.45, 2.75) is 34.6 Å². The molecule has 0 atom stereocenters. The standard InChI is InChI=1S/C10H25O3P3/c1-6-12-16(11,13-7-2)14-15(8-3,9-4)10-5/h6-10H2,1-5H3. The SMILES string of the molecule is CCOP(=O)(OCC)P=P(CC)(CC)CC. The van der Waals surface area contributed by atoms with Crippen LogP contribution in [0.4, 0.5) is 0 Å². The summed E-state index contributed by atoms with van der Waals surface area (Å²) >= 11 is 0. The molecule has 0 saturated heterocycles.